The summed E-state index contributed by atoms with van der Waals surface area (Å²) in [6.45, 7) is 4.02. The lowest BCUT2D eigenvalue weighted by atomic mass is 10.1. The highest BCUT2D eigenvalue weighted by molar-refractivity contribution is 5.96. The molecule has 6 heteroatoms. The summed E-state index contributed by atoms with van der Waals surface area (Å²) in [4.78, 5) is 22.2. The standard InChI is InChI=1S/C18H25NO5/c1-4-5-6-7-10-24-16-9-8-14(12-17(16)23-3)11-15(18(21)22)19-13(2)20/h8-9,11-12H,4-7,10H2,1-3H3,(H,19,20)(H,21,22)/b15-11-. The lowest BCUT2D eigenvalue weighted by Gasteiger charge is -2.11. The second-order valence-corrected chi connectivity index (χ2v) is 5.36. The topological polar surface area (TPSA) is 84.9 Å². The van der Waals surface area contributed by atoms with Gasteiger partial charge < -0.3 is 19.9 Å². The van der Waals surface area contributed by atoms with Gasteiger partial charge in [-0.25, -0.2) is 4.79 Å². The van der Waals surface area contributed by atoms with Gasteiger partial charge in [0, 0.05) is 6.92 Å². The molecule has 0 aliphatic heterocycles. The molecule has 0 aliphatic carbocycles. The maximum Gasteiger partial charge on any atom is 0.352 e. The van der Waals surface area contributed by atoms with E-state index in [-0.39, 0.29) is 5.70 Å². The SMILES string of the molecule is CCCCCCOc1ccc(/C=C(\NC(C)=O)C(=O)O)cc1OC. The smallest absolute Gasteiger partial charge is 0.352 e. The molecule has 1 aromatic carbocycles. The molecule has 0 aliphatic rings. The molecule has 1 amide bonds. The first-order valence-electron chi connectivity index (χ1n) is 8.01. The van der Waals surface area contributed by atoms with Gasteiger partial charge in [-0.3, -0.25) is 4.79 Å². The molecule has 0 saturated heterocycles. The van der Waals surface area contributed by atoms with Gasteiger partial charge in [0.1, 0.15) is 5.70 Å². The van der Waals surface area contributed by atoms with E-state index in [0.29, 0.717) is 23.7 Å². The zero-order valence-corrected chi connectivity index (χ0v) is 14.4. The molecular weight excluding hydrogens is 310 g/mol. The number of hydrogen-bond donors (Lipinski definition) is 2. The number of carbonyl (C=O) groups is 2. The second-order valence-electron chi connectivity index (χ2n) is 5.36. The molecule has 0 aromatic heterocycles. The number of aliphatic carboxylic acids is 1. The van der Waals surface area contributed by atoms with Crippen LogP contribution < -0.4 is 14.8 Å². The van der Waals surface area contributed by atoms with Crippen molar-refractivity contribution >= 4 is 18.0 Å². The molecule has 0 bridgehead atoms. The van der Waals surface area contributed by atoms with Crippen LogP contribution in [0.4, 0.5) is 0 Å². The van der Waals surface area contributed by atoms with Gasteiger partial charge in [-0.05, 0) is 30.2 Å². The first-order valence-corrected chi connectivity index (χ1v) is 8.01. The Bertz CT molecular complexity index is 595. The summed E-state index contributed by atoms with van der Waals surface area (Å²) < 4.78 is 11.0. The maximum atomic E-state index is 11.1. The molecule has 132 valence electrons. The summed E-state index contributed by atoms with van der Waals surface area (Å²) in [5, 5.41) is 11.4. The van der Waals surface area contributed by atoms with E-state index in [9.17, 15) is 9.59 Å². The zero-order chi connectivity index (χ0) is 17.9. The van der Waals surface area contributed by atoms with Crippen LogP contribution in [0.5, 0.6) is 11.5 Å². The lowest BCUT2D eigenvalue weighted by Crippen LogP contribution is -2.24. The van der Waals surface area contributed by atoms with Crippen molar-refractivity contribution in [2.24, 2.45) is 0 Å². The van der Waals surface area contributed by atoms with Gasteiger partial charge in [-0.2, -0.15) is 0 Å². The Labute approximate surface area is 142 Å². The molecule has 2 N–H and O–H groups in total. The lowest BCUT2D eigenvalue weighted by molar-refractivity contribution is -0.134. The maximum absolute atomic E-state index is 11.1. The normalized spacial score (nSPS) is 11.0. The number of nitrogens with one attached hydrogen (secondary N) is 1. The van der Waals surface area contributed by atoms with Crippen LogP contribution in [0.25, 0.3) is 6.08 Å². The number of carboxylic acids is 1. The van der Waals surface area contributed by atoms with Crippen LogP contribution in [0.1, 0.15) is 45.1 Å². The zero-order valence-electron chi connectivity index (χ0n) is 14.4. The number of amides is 1. The van der Waals surface area contributed by atoms with E-state index >= 15 is 0 Å². The van der Waals surface area contributed by atoms with Crippen LogP contribution >= 0.6 is 0 Å². The summed E-state index contributed by atoms with van der Waals surface area (Å²) in [7, 11) is 1.53. The summed E-state index contributed by atoms with van der Waals surface area (Å²) in [5.41, 5.74) is 0.397. The van der Waals surface area contributed by atoms with E-state index in [4.69, 9.17) is 14.6 Å². The van der Waals surface area contributed by atoms with Gasteiger partial charge in [0.2, 0.25) is 5.91 Å². The van der Waals surface area contributed by atoms with Crippen molar-refractivity contribution in [3.8, 4) is 11.5 Å². The predicted octanol–water partition coefficient (Wildman–Crippen LogP) is 3.22. The van der Waals surface area contributed by atoms with Gasteiger partial charge in [-0.15, -0.1) is 0 Å². The number of hydrogen-bond acceptors (Lipinski definition) is 4. The number of ether oxygens (including phenoxy) is 2. The fourth-order valence-corrected chi connectivity index (χ4v) is 2.11. The van der Waals surface area contributed by atoms with Crippen LogP contribution in [-0.2, 0) is 9.59 Å². The Hall–Kier alpha value is -2.50. The molecule has 1 rings (SSSR count). The van der Waals surface area contributed by atoms with Gasteiger partial charge in [-0.1, -0.05) is 32.3 Å². The third-order valence-electron chi connectivity index (χ3n) is 3.30. The highest BCUT2D eigenvalue weighted by Gasteiger charge is 2.10. The van der Waals surface area contributed by atoms with Crippen molar-refractivity contribution < 1.29 is 24.2 Å². The Morgan fingerprint density at radius 3 is 2.54 bits per heavy atom. The van der Waals surface area contributed by atoms with Gasteiger partial charge in [0.05, 0.1) is 13.7 Å². The summed E-state index contributed by atoms with van der Waals surface area (Å²) in [6.07, 6.45) is 5.83. The summed E-state index contributed by atoms with van der Waals surface area (Å²) >= 11 is 0. The fourth-order valence-electron chi connectivity index (χ4n) is 2.11. The van der Waals surface area contributed by atoms with E-state index in [2.05, 4.69) is 12.2 Å². The highest BCUT2D eigenvalue weighted by Crippen LogP contribution is 2.29. The molecule has 0 atom stereocenters. The average molecular weight is 335 g/mol. The molecule has 0 unspecified atom stereocenters. The first-order chi connectivity index (χ1) is 11.5. The molecule has 0 fully saturated rings. The van der Waals surface area contributed by atoms with Crippen LogP contribution in [0, 0.1) is 0 Å². The van der Waals surface area contributed by atoms with Crippen LogP contribution in [-0.4, -0.2) is 30.7 Å². The number of unbranched alkanes of at least 4 members (excludes halogenated alkanes) is 3. The van der Waals surface area contributed by atoms with Crippen LogP contribution in [0.2, 0.25) is 0 Å². The Morgan fingerprint density at radius 1 is 1.21 bits per heavy atom. The van der Waals surface area contributed by atoms with Crippen molar-refractivity contribution in [3.63, 3.8) is 0 Å². The summed E-state index contributed by atoms with van der Waals surface area (Å²) in [6, 6.07) is 5.12. The van der Waals surface area contributed by atoms with E-state index in [1.165, 1.54) is 33.0 Å². The largest absolute Gasteiger partial charge is 0.493 e. The number of rotatable bonds is 10. The predicted molar refractivity (Wildman–Crippen MR) is 92.1 cm³/mol. The summed E-state index contributed by atoms with van der Waals surface area (Å²) in [5.74, 6) is -0.516. The Balaban J connectivity index is 2.84. The first kappa shape index (κ1) is 19.5. The minimum Gasteiger partial charge on any atom is -0.493 e. The van der Waals surface area contributed by atoms with Gasteiger partial charge in [0.15, 0.2) is 11.5 Å². The monoisotopic (exact) mass is 335 g/mol. The number of carbonyl (C=O) groups excluding carboxylic acids is 1. The Kier molecular flexibility index (Phi) is 8.39. The van der Waals surface area contributed by atoms with Crippen molar-refractivity contribution in [2.75, 3.05) is 13.7 Å². The highest BCUT2D eigenvalue weighted by atomic mass is 16.5. The number of methoxy groups -OCH3 is 1. The van der Waals surface area contributed by atoms with Crippen LogP contribution in [0.3, 0.4) is 0 Å². The molecule has 24 heavy (non-hydrogen) atoms. The molecule has 0 heterocycles. The average Bonchev–Trinajstić information content (AvgIpc) is 2.54. The third-order valence-corrected chi connectivity index (χ3v) is 3.30. The molecule has 0 radical (unpaired) electrons. The second kappa shape index (κ2) is 10.3. The van der Waals surface area contributed by atoms with Crippen molar-refractivity contribution in [2.45, 2.75) is 39.5 Å². The van der Waals surface area contributed by atoms with Crippen LogP contribution in [0.15, 0.2) is 23.9 Å². The fraction of sp³-hybridized carbons (Fsp3) is 0.444. The minimum absolute atomic E-state index is 0.196. The number of carboxylic acid groups (broad SMARTS) is 1. The molecule has 1 aromatic rings. The molecule has 6 nitrogen and oxygen atoms in total. The number of benzene rings is 1. The van der Waals surface area contributed by atoms with E-state index in [0.717, 1.165) is 12.8 Å². The van der Waals surface area contributed by atoms with Crippen molar-refractivity contribution in [1.29, 1.82) is 0 Å². The van der Waals surface area contributed by atoms with E-state index < -0.39 is 11.9 Å². The van der Waals surface area contributed by atoms with Gasteiger partial charge >= 0.3 is 5.97 Å². The molecular formula is C18H25NO5. The van der Waals surface area contributed by atoms with E-state index in [1.807, 2.05) is 0 Å². The van der Waals surface area contributed by atoms with Crippen molar-refractivity contribution in [3.05, 3.63) is 29.5 Å². The quantitative estimate of drug-likeness (QED) is 0.506. The third kappa shape index (κ3) is 6.73. The van der Waals surface area contributed by atoms with Gasteiger partial charge in [0.25, 0.3) is 0 Å². The van der Waals surface area contributed by atoms with Crippen molar-refractivity contribution in [1.82, 2.24) is 5.32 Å². The molecule has 0 saturated carbocycles. The Morgan fingerprint density at radius 2 is 1.96 bits per heavy atom. The minimum atomic E-state index is -1.21. The van der Waals surface area contributed by atoms with E-state index in [1.54, 1.807) is 18.2 Å². The molecule has 0 spiro atoms.